The summed E-state index contributed by atoms with van der Waals surface area (Å²) < 4.78 is 6.58. The lowest BCUT2D eigenvalue weighted by Gasteiger charge is -2.18. The van der Waals surface area contributed by atoms with Gasteiger partial charge < -0.3 is 10.1 Å². The molecular formula is C19H25N3O3. The molecule has 1 aromatic heterocycles. The van der Waals surface area contributed by atoms with Gasteiger partial charge in [-0.2, -0.15) is 5.10 Å². The highest BCUT2D eigenvalue weighted by Gasteiger charge is 2.23. The first kappa shape index (κ1) is 18.7. The van der Waals surface area contributed by atoms with Crippen LogP contribution in [-0.4, -0.2) is 34.8 Å². The minimum absolute atomic E-state index is 0.255. The van der Waals surface area contributed by atoms with Crippen LogP contribution in [0.5, 0.6) is 0 Å². The third kappa shape index (κ3) is 4.68. The van der Waals surface area contributed by atoms with Crippen molar-refractivity contribution in [2.75, 3.05) is 7.11 Å². The highest BCUT2D eigenvalue weighted by molar-refractivity contribution is 5.97. The van der Waals surface area contributed by atoms with E-state index >= 15 is 0 Å². The lowest BCUT2D eigenvalue weighted by atomic mass is 10.0. The van der Waals surface area contributed by atoms with Crippen molar-refractivity contribution in [1.82, 2.24) is 15.1 Å². The molecule has 0 aliphatic carbocycles. The van der Waals surface area contributed by atoms with Gasteiger partial charge in [-0.15, -0.1) is 0 Å². The predicted octanol–water partition coefficient (Wildman–Crippen LogP) is 2.81. The number of rotatable bonds is 6. The van der Waals surface area contributed by atoms with Crippen LogP contribution >= 0.6 is 0 Å². The number of hydrogen-bond donors (Lipinski definition) is 1. The Kier molecular flexibility index (Phi) is 5.96. The lowest BCUT2D eigenvalue weighted by Crippen LogP contribution is -2.42. The van der Waals surface area contributed by atoms with Crippen molar-refractivity contribution in [3.63, 3.8) is 0 Å². The van der Waals surface area contributed by atoms with Crippen molar-refractivity contribution in [3.8, 4) is 5.69 Å². The summed E-state index contributed by atoms with van der Waals surface area (Å²) in [5.41, 5.74) is 3.18. The summed E-state index contributed by atoms with van der Waals surface area (Å²) in [4.78, 5) is 24.5. The highest BCUT2D eigenvalue weighted by atomic mass is 16.5. The van der Waals surface area contributed by atoms with Crippen LogP contribution in [0.4, 0.5) is 0 Å². The fourth-order valence-electron chi connectivity index (χ4n) is 2.74. The Morgan fingerprint density at radius 2 is 1.96 bits per heavy atom. The lowest BCUT2D eigenvalue weighted by molar-refractivity contribution is -0.143. The molecule has 1 atom stereocenters. The van der Waals surface area contributed by atoms with Gasteiger partial charge in [-0.1, -0.05) is 19.9 Å². The highest BCUT2D eigenvalue weighted by Crippen LogP contribution is 2.15. The Balaban J connectivity index is 2.23. The molecule has 2 aromatic rings. The third-order valence-electron chi connectivity index (χ3n) is 3.86. The summed E-state index contributed by atoms with van der Waals surface area (Å²) in [6.07, 6.45) is 0.523. The van der Waals surface area contributed by atoms with Gasteiger partial charge in [-0.05, 0) is 50.5 Å². The number of ether oxygens (including phenoxy) is 1. The molecule has 134 valence electrons. The van der Waals surface area contributed by atoms with Crippen molar-refractivity contribution in [1.29, 1.82) is 0 Å². The van der Waals surface area contributed by atoms with E-state index in [-0.39, 0.29) is 11.8 Å². The minimum atomic E-state index is -0.658. The molecule has 0 aliphatic heterocycles. The molecular weight excluding hydrogens is 318 g/mol. The average Bonchev–Trinajstić information content (AvgIpc) is 2.91. The van der Waals surface area contributed by atoms with Gasteiger partial charge in [0.1, 0.15) is 6.04 Å². The number of amides is 1. The third-order valence-corrected chi connectivity index (χ3v) is 3.86. The number of nitrogens with zero attached hydrogens (tertiary/aromatic N) is 2. The second kappa shape index (κ2) is 7.96. The molecule has 25 heavy (non-hydrogen) atoms. The molecule has 0 saturated heterocycles. The van der Waals surface area contributed by atoms with E-state index in [0.29, 0.717) is 12.0 Å². The van der Waals surface area contributed by atoms with E-state index in [1.54, 1.807) is 22.9 Å². The van der Waals surface area contributed by atoms with E-state index < -0.39 is 12.0 Å². The summed E-state index contributed by atoms with van der Waals surface area (Å²) in [5.74, 6) is -0.485. The molecule has 0 fully saturated rings. The first-order chi connectivity index (χ1) is 11.8. The van der Waals surface area contributed by atoms with E-state index in [4.69, 9.17) is 4.74 Å². The SMILES string of the molecule is COC(=O)C(CC(C)C)NC(=O)c1cccc(-n2nc(C)cc2C)c1. The first-order valence-electron chi connectivity index (χ1n) is 8.34. The average molecular weight is 343 g/mol. The molecule has 2 rings (SSSR count). The van der Waals surface area contributed by atoms with Crippen molar-refractivity contribution >= 4 is 11.9 Å². The number of methoxy groups -OCH3 is 1. The van der Waals surface area contributed by atoms with Crippen LogP contribution in [0.2, 0.25) is 0 Å². The maximum absolute atomic E-state index is 12.6. The minimum Gasteiger partial charge on any atom is -0.467 e. The number of hydrogen-bond acceptors (Lipinski definition) is 4. The van der Waals surface area contributed by atoms with Crippen LogP contribution < -0.4 is 5.32 Å². The van der Waals surface area contributed by atoms with Gasteiger partial charge in [0, 0.05) is 11.3 Å². The number of nitrogens with one attached hydrogen (secondary N) is 1. The van der Waals surface area contributed by atoms with Crippen LogP contribution in [0.25, 0.3) is 5.69 Å². The standard InChI is InChI=1S/C19H25N3O3/c1-12(2)9-17(19(24)25-5)20-18(23)15-7-6-8-16(11-15)22-14(4)10-13(3)21-22/h6-8,10-12,17H,9H2,1-5H3,(H,20,23). The van der Waals surface area contributed by atoms with E-state index in [1.807, 2.05) is 39.8 Å². The second-order valence-electron chi connectivity index (χ2n) is 6.57. The number of benzene rings is 1. The summed E-state index contributed by atoms with van der Waals surface area (Å²) in [6, 6.07) is 8.49. The Morgan fingerprint density at radius 1 is 1.24 bits per heavy atom. The van der Waals surface area contributed by atoms with Crippen LogP contribution in [0.3, 0.4) is 0 Å². The summed E-state index contributed by atoms with van der Waals surface area (Å²) in [5, 5.41) is 7.20. The van der Waals surface area contributed by atoms with E-state index in [0.717, 1.165) is 17.1 Å². The van der Waals surface area contributed by atoms with Gasteiger partial charge >= 0.3 is 5.97 Å². The normalized spacial score (nSPS) is 12.1. The molecule has 6 nitrogen and oxygen atoms in total. The molecule has 1 aromatic carbocycles. The van der Waals surface area contributed by atoms with E-state index in [9.17, 15) is 9.59 Å². The number of aryl methyl sites for hydroxylation is 2. The number of esters is 1. The van der Waals surface area contributed by atoms with Gasteiger partial charge in [0.05, 0.1) is 18.5 Å². The molecule has 1 N–H and O–H groups in total. The Bertz CT molecular complexity index is 765. The van der Waals surface area contributed by atoms with Gasteiger partial charge in [0.2, 0.25) is 0 Å². The molecule has 0 radical (unpaired) electrons. The van der Waals surface area contributed by atoms with Gasteiger partial charge in [0.15, 0.2) is 0 Å². The summed E-state index contributed by atoms with van der Waals surface area (Å²) >= 11 is 0. The zero-order chi connectivity index (χ0) is 18.6. The zero-order valence-corrected chi connectivity index (χ0v) is 15.4. The van der Waals surface area contributed by atoms with Crippen LogP contribution in [-0.2, 0) is 9.53 Å². The van der Waals surface area contributed by atoms with Crippen molar-refractivity contribution in [2.24, 2.45) is 5.92 Å². The number of carbonyl (C=O) groups excluding carboxylic acids is 2. The zero-order valence-electron chi connectivity index (χ0n) is 15.4. The molecule has 1 heterocycles. The molecule has 1 amide bonds. The summed E-state index contributed by atoms with van der Waals surface area (Å²) in [7, 11) is 1.32. The maximum atomic E-state index is 12.6. The van der Waals surface area contributed by atoms with Crippen LogP contribution in [0, 0.1) is 19.8 Å². The Morgan fingerprint density at radius 3 is 2.52 bits per heavy atom. The fraction of sp³-hybridized carbons (Fsp3) is 0.421. The van der Waals surface area contributed by atoms with Gasteiger partial charge in [-0.25, -0.2) is 9.48 Å². The molecule has 0 spiro atoms. The fourth-order valence-corrected chi connectivity index (χ4v) is 2.74. The summed E-state index contributed by atoms with van der Waals surface area (Å²) in [6.45, 7) is 7.87. The van der Waals surface area contributed by atoms with Crippen LogP contribution in [0.15, 0.2) is 30.3 Å². The monoisotopic (exact) mass is 343 g/mol. The smallest absolute Gasteiger partial charge is 0.328 e. The second-order valence-corrected chi connectivity index (χ2v) is 6.57. The van der Waals surface area contributed by atoms with Crippen molar-refractivity contribution < 1.29 is 14.3 Å². The molecule has 1 unspecified atom stereocenters. The Labute approximate surface area is 148 Å². The Hall–Kier alpha value is -2.63. The first-order valence-corrected chi connectivity index (χ1v) is 8.34. The van der Waals surface area contributed by atoms with E-state index in [1.165, 1.54) is 7.11 Å². The maximum Gasteiger partial charge on any atom is 0.328 e. The predicted molar refractivity (Wildman–Crippen MR) is 95.8 cm³/mol. The largest absolute Gasteiger partial charge is 0.467 e. The molecule has 0 aliphatic rings. The molecule has 0 bridgehead atoms. The topological polar surface area (TPSA) is 73.2 Å². The molecule has 6 heteroatoms. The number of carbonyl (C=O) groups is 2. The quantitative estimate of drug-likeness (QED) is 0.819. The van der Waals surface area contributed by atoms with E-state index in [2.05, 4.69) is 10.4 Å². The van der Waals surface area contributed by atoms with Crippen LogP contribution in [0.1, 0.15) is 42.0 Å². The van der Waals surface area contributed by atoms with Crippen molar-refractivity contribution in [3.05, 3.63) is 47.3 Å². The molecule has 0 saturated carbocycles. The number of aromatic nitrogens is 2. The van der Waals surface area contributed by atoms with Gasteiger partial charge in [-0.3, -0.25) is 4.79 Å². The van der Waals surface area contributed by atoms with Crippen molar-refractivity contribution in [2.45, 2.75) is 40.2 Å². The van der Waals surface area contributed by atoms with Gasteiger partial charge in [0.25, 0.3) is 5.91 Å².